The van der Waals surface area contributed by atoms with Crippen LogP contribution in [0.1, 0.15) is 33.4 Å². The van der Waals surface area contributed by atoms with Crippen molar-refractivity contribution in [2.75, 3.05) is 0 Å². The Balaban J connectivity index is 1.59. The number of amidine groups is 6. The molecule has 0 aromatic heterocycles. The van der Waals surface area contributed by atoms with Crippen molar-refractivity contribution in [3.8, 4) is 0 Å². The van der Waals surface area contributed by atoms with Gasteiger partial charge >= 0.3 is 0 Å². The van der Waals surface area contributed by atoms with Gasteiger partial charge in [0.15, 0.2) is 35.0 Å². The first-order valence-corrected chi connectivity index (χ1v) is 9.67. The number of hydrogen-bond acceptors (Lipinski definition) is 6. The fourth-order valence-corrected chi connectivity index (χ4v) is 4.09. The van der Waals surface area contributed by atoms with Gasteiger partial charge in [-0.2, -0.15) is 0 Å². The second-order valence-electron chi connectivity index (χ2n) is 7.25. The molecule has 0 aliphatic carbocycles. The molecule has 0 atom stereocenters. The van der Waals surface area contributed by atoms with E-state index in [-0.39, 0.29) is 0 Å². The summed E-state index contributed by atoms with van der Waals surface area (Å²) in [5.41, 5.74) is 5.65. The summed E-state index contributed by atoms with van der Waals surface area (Å²) in [4.78, 5) is 28.7. The van der Waals surface area contributed by atoms with Crippen LogP contribution in [-0.4, -0.2) is 35.0 Å². The zero-order valence-corrected chi connectivity index (χ0v) is 15.6. The molecular weight excluding hydrogens is 372 g/mol. The molecule has 0 fully saturated rings. The fourth-order valence-electron chi connectivity index (χ4n) is 4.09. The molecule has 0 amide bonds. The summed E-state index contributed by atoms with van der Waals surface area (Å²) in [5, 5.41) is 0. The first kappa shape index (κ1) is 15.6. The quantitative estimate of drug-likeness (QED) is 0.568. The standard InChI is InChI=1S/C24H12N6/c1-2-8-14-13(7-1)19-25-20(14)29-22-17-11-5-6-12-18(17)24(27-22)30-23-16-10-4-3-9-15(16)21(26-23)28-19/h1-12H. The predicted octanol–water partition coefficient (Wildman–Crippen LogP) is 3.62. The van der Waals surface area contributed by atoms with E-state index in [0.29, 0.717) is 35.0 Å². The highest BCUT2D eigenvalue weighted by Crippen LogP contribution is 2.28. The Morgan fingerprint density at radius 2 is 0.433 bits per heavy atom. The van der Waals surface area contributed by atoms with Gasteiger partial charge in [0.25, 0.3) is 0 Å². The van der Waals surface area contributed by atoms with Gasteiger partial charge in [0.1, 0.15) is 0 Å². The number of benzene rings is 3. The van der Waals surface area contributed by atoms with Crippen LogP contribution in [-0.2, 0) is 0 Å². The molecule has 3 aromatic rings. The molecule has 6 heteroatoms. The van der Waals surface area contributed by atoms with Crippen LogP contribution in [0.5, 0.6) is 0 Å². The van der Waals surface area contributed by atoms with Gasteiger partial charge in [0.05, 0.1) is 0 Å². The van der Waals surface area contributed by atoms with Crippen LogP contribution in [0.4, 0.5) is 0 Å². The van der Waals surface area contributed by atoms with E-state index in [4.69, 9.17) is 30.0 Å². The molecule has 0 unspecified atom stereocenters. The number of hydrogen-bond donors (Lipinski definition) is 0. The van der Waals surface area contributed by atoms with Crippen LogP contribution in [0.3, 0.4) is 0 Å². The van der Waals surface area contributed by atoms with E-state index >= 15 is 0 Å². The van der Waals surface area contributed by atoms with Crippen molar-refractivity contribution in [3.63, 3.8) is 0 Å². The summed E-state index contributed by atoms with van der Waals surface area (Å²) in [7, 11) is 0. The maximum Gasteiger partial charge on any atom is 0.164 e. The number of fused-ring (bicyclic) bond motifs is 12. The smallest absolute Gasteiger partial charge is 0.164 e. The van der Waals surface area contributed by atoms with Crippen molar-refractivity contribution in [2.24, 2.45) is 30.0 Å². The molecule has 4 heterocycles. The Labute approximate surface area is 171 Å². The Hall–Kier alpha value is -4.32. The lowest BCUT2D eigenvalue weighted by molar-refractivity contribution is 1.49. The largest absolute Gasteiger partial charge is 0.208 e. The highest BCUT2D eigenvalue weighted by molar-refractivity contribution is 6.34. The van der Waals surface area contributed by atoms with Crippen LogP contribution in [0.25, 0.3) is 0 Å². The third-order valence-electron chi connectivity index (χ3n) is 5.50. The van der Waals surface area contributed by atoms with E-state index < -0.39 is 0 Å². The highest BCUT2D eigenvalue weighted by atomic mass is 15.1. The summed E-state index contributed by atoms with van der Waals surface area (Å²) in [5.74, 6) is 3.64. The summed E-state index contributed by atoms with van der Waals surface area (Å²) in [6.45, 7) is 0. The number of nitrogens with zero attached hydrogens (tertiary/aromatic N) is 6. The summed E-state index contributed by atoms with van der Waals surface area (Å²) in [6.07, 6.45) is 0. The maximum absolute atomic E-state index is 4.82. The van der Waals surface area contributed by atoms with E-state index in [0.717, 1.165) is 33.4 Å². The normalized spacial score (nSPS) is 17.2. The molecule has 0 radical (unpaired) electrons. The van der Waals surface area contributed by atoms with Gasteiger partial charge in [0, 0.05) is 33.4 Å². The molecule has 0 spiro atoms. The lowest BCUT2D eigenvalue weighted by Gasteiger charge is -2.00. The van der Waals surface area contributed by atoms with Crippen molar-refractivity contribution in [1.82, 2.24) is 0 Å². The summed E-state index contributed by atoms with van der Waals surface area (Å²) < 4.78 is 0. The average Bonchev–Trinajstić information content (AvgIpc) is 3.43. The SMILES string of the molecule is c1ccc2c(c1)C1=NC2=NC2=NC(=NC3=NC(=N1)c1ccccc13)c1ccccc12. The lowest BCUT2D eigenvalue weighted by Crippen LogP contribution is -2.01. The average molecular weight is 384 g/mol. The third kappa shape index (κ3) is 2.07. The molecule has 4 aliphatic rings. The maximum atomic E-state index is 4.82. The molecular formula is C24H12N6. The monoisotopic (exact) mass is 384 g/mol. The summed E-state index contributed by atoms with van der Waals surface area (Å²) in [6, 6.07) is 24.0. The topological polar surface area (TPSA) is 74.2 Å². The first-order chi connectivity index (χ1) is 14.8. The number of aliphatic imine (C=N–C) groups is 6. The Morgan fingerprint density at radius 3 is 0.600 bits per heavy atom. The second kappa shape index (κ2) is 5.61. The third-order valence-corrected chi connectivity index (χ3v) is 5.50. The molecule has 138 valence electrons. The minimum Gasteiger partial charge on any atom is -0.208 e. The Bertz CT molecular complexity index is 1290. The van der Waals surface area contributed by atoms with E-state index in [1.54, 1.807) is 0 Å². The van der Waals surface area contributed by atoms with Crippen LogP contribution in [0.15, 0.2) is 103 Å². The van der Waals surface area contributed by atoms with Gasteiger partial charge in [-0.3, -0.25) is 0 Å². The van der Waals surface area contributed by atoms with Crippen LogP contribution < -0.4 is 0 Å². The van der Waals surface area contributed by atoms with Crippen molar-refractivity contribution < 1.29 is 0 Å². The molecule has 30 heavy (non-hydrogen) atoms. The van der Waals surface area contributed by atoms with Crippen molar-refractivity contribution in [2.45, 2.75) is 0 Å². The first-order valence-electron chi connectivity index (χ1n) is 9.67. The van der Waals surface area contributed by atoms with E-state index in [2.05, 4.69) is 0 Å². The molecule has 0 saturated carbocycles. The lowest BCUT2D eigenvalue weighted by atomic mass is 10.1. The molecule has 6 bridgehead atoms. The molecule has 3 aromatic carbocycles. The zero-order valence-electron chi connectivity index (χ0n) is 15.6. The Morgan fingerprint density at radius 1 is 0.267 bits per heavy atom. The van der Waals surface area contributed by atoms with Gasteiger partial charge in [-0.25, -0.2) is 30.0 Å². The second-order valence-corrected chi connectivity index (χ2v) is 7.25. The molecule has 4 aliphatic heterocycles. The molecule has 0 saturated heterocycles. The Kier molecular flexibility index (Phi) is 2.91. The van der Waals surface area contributed by atoms with E-state index in [9.17, 15) is 0 Å². The minimum absolute atomic E-state index is 0.607. The van der Waals surface area contributed by atoms with Gasteiger partial charge in [0.2, 0.25) is 0 Å². The van der Waals surface area contributed by atoms with Gasteiger partial charge in [-0.05, 0) is 0 Å². The molecule has 6 nitrogen and oxygen atoms in total. The van der Waals surface area contributed by atoms with Gasteiger partial charge < -0.3 is 0 Å². The number of rotatable bonds is 0. The van der Waals surface area contributed by atoms with Crippen LogP contribution >= 0.6 is 0 Å². The molecule has 0 N–H and O–H groups in total. The van der Waals surface area contributed by atoms with Crippen LogP contribution in [0.2, 0.25) is 0 Å². The fraction of sp³-hybridized carbons (Fsp3) is 0. The summed E-state index contributed by atoms with van der Waals surface area (Å²) >= 11 is 0. The van der Waals surface area contributed by atoms with Crippen molar-refractivity contribution >= 4 is 35.0 Å². The van der Waals surface area contributed by atoms with Crippen LogP contribution in [0, 0.1) is 0 Å². The highest BCUT2D eigenvalue weighted by Gasteiger charge is 2.29. The van der Waals surface area contributed by atoms with Crippen molar-refractivity contribution in [3.05, 3.63) is 106 Å². The zero-order chi connectivity index (χ0) is 19.7. The van der Waals surface area contributed by atoms with Gasteiger partial charge in [-0.15, -0.1) is 0 Å². The van der Waals surface area contributed by atoms with Crippen molar-refractivity contribution in [1.29, 1.82) is 0 Å². The minimum atomic E-state index is 0.607. The molecule has 7 rings (SSSR count). The van der Waals surface area contributed by atoms with E-state index in [1.165, 1.54) is 0 Å². The predicted molar refractivity (Wildman–Crippen MR) is 119 cm³/mol. The van der Waals surface area contributed by atoms with E-state index in [1.807, 2.05) is 72.8 Å². The van der Waals surface area contributed by atoms with Gasteiger partial charge in [-0.1, -0.05) is 72.8 Å².